The number of rotatable bonds is 7. The number of hydrogen-bond acceptors (Lipinski definition) is 3. The average Bonchev–Trinajstić information content (AvgIpc) is 3.58. The van der Waals surface area contributed by atoms with Crippen molar-refractivity contribution in [3.05, 3.63) is 235 Å². The predicted octanol–water partition coefficient (Wildman–Crippen LogP) is 12.6. The maximum atomic E-state index is 5.17. The summed E-state index contributed by atoms with van der Waals surface area (Å²) in [6.45, 7) is 0. The van der Waals surface area contributed by atoms with E-state index in [-0.39, 0.29) is 0 Å². The molecule has 2 heterocycles. The van der Waals surface area contributed by atoms with Crippen LogP contribution >= 0.6 is 0 Å². The zero-order valence-electron chi connectivity index (χ0n) is 30.0. The van der Waals surface area contributed by atoms with Gasteiger partial charge in [0, 0.05) is 29.1 Å². The van der Waals surface area contributed by atoms with Gasteiger partial charge in [-0.2, -0.15) is 0 Å². The first kappa shape index (κ1) is 32.4. The van der Waals surface area contributed by atoms with Gasteiger partial charge in [0.25, 0.3) is 0 Å². The van der Waals surface area contributed by atoms with Gasteiger partial charge in [0.2, 0.25) is 0 Å². The number of benzene rings is 7. The molecule has 0 radical (unpaired) electrons. The number of fused-ring (bicyclic) bond motifs is 3. The van der Waals surface area contributed by atoms with Gasteiger partial charge in [-0.05, 0) is 79.9 Å². The number of hydrogen-bond donors (Lipinski definition) is 0. The summed E-state index contributed by atoms with van der Waals surface area (Å²) in [7, 11) is 0. The molecule has 55 heavy (non-hydrogen) atoms. The maximum absolute atomic E-state index is 5.17. The summed E-state index contributed by atoms with van der Waals surface area (Å²) in [5.41, 5.74) is 16.4. The van der Waals surface area contributed by atoms with Gasteiger partial charge in [-0.3, -0.25) is 4.98 Å². The van der Waals surface area contributed by atoms with Crippen molar-refractivity contribution in [1.29, 1.82) is 0 Å². The minimum atomic E-state index is -0.501. The van der Waals surface area contributed by atoms with Gasteiger partial charge in [0.05, 0.1) is 16.8 Å². The third-order valence-corrected chi connectivity index (χ3v) is 10.9. The van der Waals surface area contributed by atoms with Crippen LogP contribution in [0.3, 0.4) is 0 Å². The van der Waals surface area contributed by atoms with E-state index >= 15 is 0 Å². The summed E-state index contributed by atoms with van der Waals surface area (Å²) in [6, 6.07) is 71.3. The van der Waals surface area contributed by atoms with Crippen LogP contribution in [0.15, 0.2) is 213 Å². The Morgan fingerprint density at radius 3 is 1.55 bits per heavy atom. The van der Waals surface area contributed by atoms with Crippen LogP contribution in [0.2, 0.25) is 0 Å². The third kappa shape index (κ3) is 5.48. The molecule has 0 unspecified atom stereocenters. The highest BCUT2D eigenvalue weighted by atomic mass is 14.9. The van der Waals surface area contributed by atoms with Crippen molar-refractivity contribution in [3.63, 3.8) is 0 Å². The molecular formula is C52H35N3. The second-order valence-corrected chi connectivity index (χ2v) is 13.9. The molecule has 0 atom stereocenters. The van der Waals surface area contributed by atoms with Crippen molar-refractivity contribution in [2.75, 3.05) is 0 Å². The number of nitrogens with zero attached hydrogens (tertiary/aromatic N) is 3. The van der Waals surface area contributed by atoms with Crippen LogP contribution in [0.25, 0.3) is 67.3 Å². The van der Waals surface area contributed by atoms with Crippen LogP contribution in [0, 0.1) is 0 Å². The summed E-state index contributed by atoms with van der Waals surface area (Å²) in [6.07, 6.45) is 3.79. The predicted molar refractivity (Wildman–Crippen MR) is 224 cm³/mol. The highest BCUT2D eigenvalue weighted by molar-refractivity contribution is 6.02. The summed E-state index contributed by atoms with van der Waals surface area (Å²) < 4.78 is 0. The quantitative estimate of drug-likeness (QED) is 0.166. The third-order valence-electron chi connectivity index (χ3n) is 10.9. The van der Waals surface area contributed by atoms with E-state index < -0.39 is 5.41 Å². The Morgan fingerprint density at radius 1 is 0.327 bits per heavy atom. The molecule has 1 aliphatic rings. The van der Waals surface area contributed by atoms with Crippen molar-refractivity contribution in [1.82, 2.24) is 15.0 Å². The fraction of sp³-hybridized carbons (Fsp3) is 0.0192. The SMILES string of the molecule is c1ccc(-c2cc(-c3cccc(-c4ccc5c(c4-c4ccncc4)-c4ccccc4C5(c4ccccc4)c4ccccc4)c3)nc(-c3ccccc3)n2)cc1. The van der Waals surface area contributed by atoms with E-state index in [0.717, 1.165) is 44.8 Å². The van der Waals surface area contributed by atoms with E-state index in [0.29, 0.717) is 5.82 Å². The zero-order valence-corrected chi connectivity index (χ0v) is 30.0. The minimum absolute atomic E-state index is 0.501. The zero-order chi connectivity index (χ0) is 36.6. The van der Waals surface area contributed by atoms with Crippen LogP contribution in [0.4, 0.5) is 0 Å². The fourth-order valence-corrected chi connectivity index (χ4v) is 8.51. The van der Waals surface area contributed by atoms with Gasteiger partial charge < -0.3 is 0 Å². The van der Waals surface area contributed by atoms with Gasteiger partial charge >= 0.3 is 0 Å². The smallest absolute Gasteiger partial charge is 0.160 e. The normalized spacial score (nSPS) is 12.5. The summed E-state index contributed by atoms with van der Waals surface area (Å²) in [5.74, 6) is 0.701. The molecule has 0 amide bonds. The van der Waals surface area contributed by atoms with Crippen molar-refractivity contribution in [2.24, 2.45) is 0 Å². The van der Waals surface area contributed by atoms with Crippen molar-refractivity contribution in [2.45, 2.75) is 5.41 Å². The first-order valence-corrected chi connectivity index (χ1v) is 18.7. The van der Waals surface area contributed by atoms with Crippen molar-refractivity contribution < 1.29 is 0 Å². The highest BCUT2D eigenvalue weighted by Gasteiger charge is 2.47. The monoisotopic (exact) mass is 701 g/mol. The first-order chi connectivity index (χ1) is 27.3. The Kier molecular flexibility index (Phi) is 8.04. The van der Waals surface area contributed by atoms with Gasteiger partial charge in [-0.1, -0.05) is 176 Å². The van der Waals surface area contributed by atoms with E-state index in [2.05, 4.69) is 181 Å². The lowest BCUT2D eigenvalue weighted by Crippen LogP contribution is -2.28. The second kappa shape index (κ2) is 13.6. The van der Waals surface area contributed by atoms with Crippen LogP contribution in [-0.2, 0) is 5.41 Å². The molecule has 0 fully saturated rings. The molecular weight excluding hydrogens is 667 g/mol. The van der Waals surface area contributed by atoms with Crippen molar-refractivity contribution >= 4 is 0 Å². The summed E-state index contributed by atoms with van der Waals surface area (Å²) in [5, 5.41) is 0. The van der Waals surface area contributed by atoms with Gasteiger partial charge in [-0.15, -0.1) is 0 Å². The van der Waals surface area contributed by atoms with Gasteiger partial charge in [0.15, 0.2) is 5.82 Å². The Hall–Kier alpha value is -7.23. The Morgan fingerprint density at radius 2 is 0.873 bits per heavy atom. The molecule has 1 aliphatic carbocycles. The number of aromatic nitrogens is 3. The van der Waals surface area contributed by atoms with E-state index in [1.165, 1.54) is 38.9 Å². The molecule has 10 rings (SSSR count). The molecule has 0 aliphatic heterocycles. The van der Waals surface area contributed by atoms with Crippen LogP contribution in [0.1, 0.15) is 22.3 Å². The van der Waals surface area contributed by atoms with Crippen LogP contribution < -0.4 is 0 Å². The molecule has 2 aromatic heterocycles. The molecule has 7 aromatic carbocycles. The lowest BCUT2D eigenvalue weighted by atomic mass is 9.67. The van der Waals surface area contributed by atoms with Crippen molar-refractivity contribution in [3.8, 4) is 67.3 Å². The second-order valence-electron chi connectivity index (χ2n) is 13.9. The molecule has 3 heteroatoms. The summed E-state index contributed by atoms with van der Waals surface area (Å²) >= 11 is 0. The van der Waals surface area contributed by atoms with Gasteiger partial charge in [0.1, 0.15) is 0 Å². The lowest BCUT2D eigenvalue weighted by molar-refractivity contribution is 0.768. The topological polar surface area (TPSA) is 38.7 Å². The van der Waals surface area contributed by atoms with E-state index in [9.17, 15) is 0 Å². The van der Waals surface area contributed by atoms with E-state index in [1.807, 2.05) is 36.7 Å². The molecule has 3 nitrogen and oxygen atoms in total. The average molecular weight is 702 g/mol. The van der Waals surface area contributed by atoms with Crippen LogP contribution in [0.5, 0.6) is 0 Å². The molecule has 0 bridgehead atoms. The van der Waals surface area contributed by atoms with Crippen LogP contribution in [-0.4, -0.2) is 15.0 Å². The first-order valence-electron chi connectivity index (χ1n) is 18.7. The molecule has 258 valence electrons. The van der Waals surface area contributed by atoms with E-state index in [4.69, 9.17) is 9.97 Å². The molecule has 0 saturated heterocycles. The molecule has 0 spiro atoms. The lowest BCUT2D eigenvalue weighted by Gasteiger charge is -2.34. The highest BCUT2D eigenvalue weighted by Crippen LogP contribution is 2.59. The Balaban J connectivity index is 1.22. The fourth-order valence-electron chi connectivity index (χ4n) is 8.51. The standard InChI is InChI=1S/C52H35N3/c1-5-16-36(17-6-1)47-35-48(55-51(54-47)38-18-7-2-8-19-38)40-21-15-20-39(34-40)43-28-29-46-50(49(43)37-30-32-53-33-31-37)44-26-13-14-27-45(44)52(46,41-22-9-3-10-23-41)42-24-11-4-12-25-42/h1-35H. The maximum Gasteiger partial charge on any atom is 0.160 e. The summed E-state index contributed by atoms with van der Waals surface area (Å²) in [4.78, 5) is 14.7. The molecule has 9 aromatic rings. The largest absolute Gasteiger partial charge is 0.265 e. The van der Waals surface area contributed by atoms with E-state index in [1.54, 1.807) is 0 Å². The molecule has 0 saturated carbocycles. The van der Waals surface area contributed by atoms with Gasteiger partial charge in [-0.25, -0.2) is 9.97 Å². The Labute approximate surface area is 321 Å². The molecule has 0 N–H and O–H groups in total. The Bertz CT molecular complexity index is 2690. The minimum Gasteiger partial charge on any atom is -0.265 e. The number of pyridine rings is 1.